The van der Waals surface area contributed by atoms with Crippen LogP contribution in [0.1, 0.15) is 20.9 Å². The fraction of sp³-hybridized carbons (Fsp3) is 0.200. The number of ether oxygens (including phenoxy) is 1. The zero-order chi connectivity index (χ0) is 20.3. The summed E-state index contributed by atoms with van der Waals surface area (Å²) in [4.78, 5) is 17.1. The van der Waals surface area contributed by atoms with Crippen molar-refractivity contribution in [3.63, 3.8) is 0 Å². The van der Waals surface area contributed by atoms with Crippen molar-refractivity contribution in [3.8, 4) is 10.6 Å². The monoisotopic (exact) mass is 416 g/mol. The number of carbonyl (C=O) groups is 1. The molecule has 0 radical (unpaired) electrons. The molecule has 0 aliphatic rings. The van der Waals surface area contributed by atoms with Crippen molar-refractivity contribution in [2.75, 3.05) is 17.7 Å². The van der Waals surface area contributed by atoms with E-state index in [0.29, 0.717) is 11.3 Å². The highest BCUT2D eigenvalue weighted by Crippen LogP contribution is 2.30. The smallest absolute Gasteiger partial charge is 0.337 e. The molecule has 28 heavy (non-hydrogen) atoms. The van der Waals surface area contributed by atoms with E-state index in [2.05, 4.69) is 9.72 Å². The lowest BCUT2D eigenvalue weighted by molar-refractivity contribution is 0.0600. The Morgan fingerprint density at radius 3 is 2.32 bits per heavy atom. The summed E-state index contributed by atoms with van der Waals surface area (Å²) in [5.74, 6) is -0.469. The van der Waals surface area contributed by atoms with Gasteiger partial charge in [0.1, 0.15) is 5.01 Å². The molecule has 0 bridgehead atoms. The van der Waals surface area contributed by atoms with Gasteiger partial charge < -0.3 is 4.74 Å². The second kappa shape index (κ2) is 8.12. The minimum atomic E-state index is -3.53. The maximum Gasteiger partial charge on any atom is 0.337 e. The third-order valence-electron chi connectivity index (χ3n) is 4.18. The van der Waals surface area contributed by atoms with Crippen LogP contribution in [-0.2, 0) is 21.3 Å². The van der Waals surface area contributed by atoms with Crippen molar-refractivity contribution in [2.24, 2.45) is 0 Å². The Balaban J connectivity index is 1.92. The van der Waals surface area contributed by atoms with E-state index in [9.17, 15) is 13.2 Å². The number of thiazole rings is 1. The van der Waals surface area contributed by atoms with Gasteiger partial charge in [0.15, 0.2) is 0 Å². The highest BCUT2D eigenvalue weighted by Gasteiger charge is 2.21. The topological polar surface area (TPSA) is 76.6 Å². The maximum atomic E-state index is 12.4. The van der Waals surface area contributed by atoms with Gasteiger partial charge in [-0.05, 0) is 31.2 Å². The molecule has 0 fully saturated rings. The van der Waals surface area contributed by atoms with E-state index in [1.807, 2.05) is 37.3 Å². The van der Waals surface area contributed by atoms with Gasteiger partial charge in [0.05, 0.1) is 36.9 Å². The Morgan fingerprint density at radius 1 is 1.11 bits per heavy atom. The summed E-state index contributed by atoms with van der Waals surface area (Å²) in [6.45, 7) is 2.05. The summed E-state index contributed by atoms with van der Waals surface area (Å²) in [6, 6.07) is 16.1. The number of esters is 1. The first-order valence-electron chi connectivity index (χ1n) is 8.47. The van der Waals surface area contributed by atoms with Crippen molar-refractivity contribution < 1.29 is 17.9 Å². The number of carbonyl (C=O) groups excluding carboxylic acids is 1. The van der Waals surface area contributed by atoms with E-state index in [0.717, 1.165) is 27.4 Å². The predicted molar refractivity (Wildman–Crippen MR) is 111 cm³/mol. The van der Waals surface area contributed by atoms with Crippen molar-refractivity contribution in [1.29, 1.82) is 0 Å². The van der Waals surface area contributed by atoms with Crippen LogP contribution in [0.2, 0.25) is 0 Å². The van der Waals surface area contributed by atoms with E-state index in [1.165, 1.54) is 22.8 Å². The van der Waals surface area contributed by atoms with Gasteiger partial charge in [0.25, 0.3) is 0 Å². The second-order valence-corrected chi connectivity index (χ2v) is 9.19. The molecule has 3 rings (SSSR count). The van der Waals surface area contributed by atoms with E-state index in [-0.39, 0.29) is 6.54 Å². The van der Waals surface area contributed by atoms with Gasteiger partial charge in [-0.2, -0.15) is 0 Å². The number of hydrogen-bond donors (Lipinski definition) is 0. The Hall–Kier alpha value is -2.71. The van der Waals surface area contributed by atoms with Gasteiger partial charge in [-0.25, -0.2) is 18.2 Å². The Morgan fingerprint density at radius 2 is 1.75 bits per heavy atom. The largest absolute Gasteiger partial charge is 0.465 e. The van der Waals surface area contributed by atoms with Crippen molar-refractivity contribution in [2.45, 2.75) is 13.5 Å². The molecule has 0 atom stereocenters. The van der Waals surface area contributed by atoms with Gasteiger partial charge in [-0.3, -0.25) is 4.31 Å². The molecule has 146 valence electrons. The third kappa shape index (κ3) is 4.40. The van der Waals surface area contributed by atoms with Gasteiger partial charge in [-0.1, -0.05) is 30.3 Å². The average molecular weight is 417 g/mol. The summed E-state index contributed by atoms with van der Waals surface area (Å²) in [6.07, 6.45) is 1.16. The molecule has 0 N–H and O–H groups in total. The third-order valence-corrected chi connectivity index (χ3v) is 6.51. The van der Waals surface area contributed by atoms with Gasteiger partial charge in [0, 0.05) is 10.4 Å². The SMILES string of the molecule is COC(=O)c1ccc(N(Cc2sc(-c3ccccc3)nc2C)S(C)(=O)=O)cc1. The molecule has 0 saturated carbocycles. The molecule has 8 heteroatoms. The van der Waals surface area contributed by atoms with Gasteiger partial charge in [0.2, 0.25) is 10.0 Å². The molecular formula is C20H20N2O4S2. The van der Waals surface area contributed by atoms with Gasteiger partial charge >= 0.3 is 5.97 Å². The van der Waals surface area contributed by atoms with Crippen LogP contribution in [0.15, 0.2) is 54.6 Å². The highest BCUT2D eigenvalue weighted by molar-refractivity contribution is 7.92. The number of hydrogen-bond acceptors (Lipinski definition) is 6. The van der Waals surface area contributed by atoms with E-state index in [4.69, 9.17) is 0 Å². The summed E-state index contributed by atoms with van der Waals surface area (Å²) >= 11 is 1.47. The molecule has 3 aromatic rings. The lowest BCUT2D eigenvalue weighted by atomic mass is 10.2. The zero-order valence-corrected chi connectivity index (χ0v) is 17.4. The molecule has 1 aromatic heterocycles. The molecule has 0 saturated heterocycles. The normalized spacial score (nSPS) is 11.2. The summed E-state index contributed by atoms with van der Waals surface area (Å²) in [5.41, 5.74) is 2.63. The van der Waals surface area contributed by atoms with E-state index in [1.54, 1.807) is 24.3 Å². The molecule has 2 aromatic carbocycles. The standard InChI is InChI=1S/C20H20N2O4S2/c1-14-18(27-19(21-14)15-7-5-4-6-8-15)13-22(28(3,24)25)17-11-9-16(10-12-17)20(23)26-2/h4-12H,13H2,1-3H3. The van der Waals surface area contributed by atoms with Gasteiger partial charge in [-0.15, -0.1) is 11.3 Å². The van der Waals surface area contributed by atoms with Crippen LogP contribution < -0.4 is 4.31 Å². The summed E-state index contributed by atoms with van der Waals surface area (Å²) < 4.78 is 30.8. The molecular weight excluding hydrogens is 396 g/mol. The number of nitrogens with zero attached hydrogens (tertiary/aromatic N) is 2. The molecule has 0 aliphatic carbocycles. The van der Waals surface area contributed by atoms with Crippen molar-refractivity contribution in [1.82, 2.24) is 4.98 Å². The first-order chi connectivity index (χ1) is 13.3. The number of aryl methyl sites for hydroxylation is 1. The van der Waals surface area contributed by atoms with Crippen LogP contribution in [0.25, 0.3) is 10.6 Å². The Bertz CT molecular complexity index is 1080. The molecule has 0 amide bonds. The number of sulfonamides is 1. The zero-order valence-electron chi connectivity index (χ0n) is 15.7. The minimum Gasteiger partial charge on any atom is -0.465 e. The van der Waals surface area contributed by atoms with Crippen LogP contribution in [0, 0.1) is 6.92 Å². The van der Waals surface area contributed by atoms with Crippen molar-refractivity contribution in [3.05, 3.63) is 70.7 Å². The number of methoxy groups -OCH3 is 1. The van der Waals surface area contributed by atoms with Crippen LogP contribution in [-0.4, -0.2) is 32.7 Å². The Labute approximate surface area is 168 Å². The number of rotatable bonds is 6. The van der Waals surface area contributed by atoms with Crippen LogP contribution in [0.4, 0.5) is 5.69 Å². The molecule has 0 aliphatic heterocycles. The number of anilines is 1. The Kier molecular flexibility index (Phi) is 5.81. The van der Waals surface area contributed by atoms with Crippen LogP contribution >= 0.6 is 11.3 Å². The molecule has 0 unspecified atom stereocenters. The van der Waals surface area contributed by atoms with Crippen LogP contribution in [0.3, 0.4) is 0 Å². The fourth-order valence-corrected chi connectivity index (χ4v) is 4.70. The quantitative estimate of drug-likeness (QED) is 0.570. The predicted octanol–water partition coefficient (Wildman–Crippen LogP) is 3.87. The molecule has 1 heterocycles. The van der Waals surface area contributed by atoms with Crippen LogP contribution in [0.5, 0.6) is 0 Å². The first kappa shape index (κ1) is 20.0. The average Bonchev–Trinajstić information content (AvgIpc) is 3.06. The second-order valence-electron chi connectivity index (χ2n) is 6.20. The first-order valence-corrected chi connectivity index (χ1v) is 11.1. The lowest BCUT2D eigenvalue weighted by Gasteiger charge is -2.22. The van der Waals surface area contributed by atoms with E-state index >= 15 is 0 Å². The van der Waals surface area contributed by atoms with E-state index < -0.39 is 16.0 Å². The summed E-state index contributed by atoms with van der Waals surface area (Å²) in [5, 5.41) is 0.850. The minimum absolute atomic E-state index is 0.173. The highest BCUT2D eigenvalue weighted by atomic mass is 32.2. The number of aromatic nitrogens is 1. The fourth-order valence-electron chi connectivity index (χ4n) is 2.69. The summed E-state index contributed by atoms with van der Waals surface area (Å²) in [7, 11) is -2.23. The van der Waals surface area contributed by atoms with Crippen molar-refractivity contribution >= 4 is 33.0 Å². The molecule has 0 spiro atoms. The maximum absolute atomic E-state index is 12.4. The number of benzene rings is 2. The molecule has 6 nitrogen and oxygen atoms in total. The lowest BCUT2D eigenvalue weighted by Crippen LogP contribution is -2.29.